The molecule has 0 aliphatic heterocycles. The molecule has 0 aliphatic carbocycles. The number of benzene rings is 1. The van der Waals surface area contributed by atoms with Gasteiger partial charge in [-0.1, -0.05) is 18.2 Å². The lowest BCUT2D eigenvalue weighted by atomic mass is 10.0. The summed E-state index contributed by atoms with van der Waals surface area (Å²) >= 11 is 1.64. The molecular formula is C11H7NS. The summed E-state index contributed by atoms with van der Waals surface area (Å²) in [5.74, 6) is 0. The van der Waals surface area contributed by atoms with Crippen LogP contribution in [0.1, 0.15) is 5.56 Å². The van der Waals surface area contributed by atoms with E-state index in [1.165, 1.54) is 0 Å². The first-order chi connectivity index (χ1) is 6.42. The first kappa shape index (κ1) is 8.03. The van der Waals surface area contributed by atoms with Crippen molar-refractivity contribution in [2.75, 3.05) is 0 Å². The standard InChI is InChI=1S/C11H7NS/c12-7-9-3-1-2-4-11(9)10-5-6-13-8-10/h1-6,8H. The molecule has 0 saturated carbocycles. The van der Waals surface area contributed by atoms with Crippen LogP contribution in [0.3, 0.4) is 0 Å². The number of hydrogen-bond acceptors (Lipinski definition) is 2. The van der Waals surface area contributed by atoms with Crippen molar-refractivity contribution in [3.63, 3.8) is 0 Å². The van der Waals surface area contributed by atoms with E-state index in [0.717, 1.165) is 16.7 Å². The lowest BCUT2D eigenvalue weighted by Crippen LogP contribution is -1.79. The van der Waals surface area contributed by atoms with Gasteiger partial charge in [0.2, 0.25) is 0 Å². The molecule has 0 fully saturated rings. The van der Waals surface area contributed by atoms with E-state index < -0.39 is 0 Å². The second kappa shape index (κ2) is 3.42. The summed E-state index contributed by atoms with van der Waals surface area (Å²) in [7, 11) is 0. The third kappa shape index (κ3) is 1.47. The zero-order valence-corrected chi connectivity index (χ0v) is 7.71. The molecule has 0 N–H and O–H groups in total. The van der Waals surface area contributed by atoms with Gasteiger partial charge in [0.05, 0.1) is 11.6 Å². The summed E-state index contributed by atoms with van der Waals surface area (Å²) in [4.78, 5) is 0. The number of hydrogen-bond donors (Lipinski definition) is 0. The predicted octanol–water partition coefficient (Wildman–Crippen LogP) is 3.29. The summed E-state index contributed by atoms with van der Waals surface area (Å²) in [5.41, 5.74) is 2.88. The van der Waals surface area contributed by atoms with Gasteiger partial charge in [-0.25, -0.2) is 0 Å². The van der Waals surface area contributed by atoms with Gasteiger partial charge in [0.15, 0.2) is 0 Å². The van der Waals surface area contributed by atoms with Crippen LogP contribution < -0.4 is 0 Å². The predicted molar refractivity (Wildman–Crippen MR) is 54.5 cm³/mol. The average Bonchev–Trinajstić information content (AvgIpc) is 2.70. The summed E-state index contributed by atoms with van der Waals surface area (Å²) in [5, 5.41) is 12.9. The minimum absolute atomic E-state index is 0.737. The van der Waals surface area contributed by atoms with Crippen molar-refractivity contribution in [3.05, 3.63) is 46.7 Å². The molecule has 0 atom stereocenters. The van der Waals surface area contributed by atoms with E-state index in [2.05, 4.69) is 11.4 Å². The molecule has 0 amide bonds. The summed E-state index contributed by atoms with van der Waals surface area (Å²) in [6.45, 7) is 0. The number of nitrogens with zero attached hydrogens (tertiary/aromatic N) is 1. The minimum atomic E-state index is 0.737. The van der Waals surface area contributed by atoms with Crippen molar-refractivity contribution in [2.24, 2.45) is 0 Å². The Kier molecular flexibility index (Phi) is 2.11. The number of rotatable bonds is 1. The Morgan fingerprint density at radius 1 is 1.15 bits per heavy atom. The van der Waals surface area contributed by atoms with Crippen LogP contribution >= 0.6 is 11.3 Å². The van der Waals surface area contributed by atoms with Gasteiger partial charge in [-0.05, 0) is 28.5 Å². The van der Waals surface area contributed by atoms with Crippen LogP contribution in [0.2, 0.25) is 0 Å². The van der Waals surface area contributed by atoms with Gasteiger partial charge < -0.3 is 0 Å². The maximum Gasteiger partial charge on any atom is 0.0998 e. The van der Waals surface area contributed by atoms with Crippen molar-refractivity contribution in [1.82, 2.24) is 0 Å². The summed E-state index contributed by atoms with van der Waals surface area (Å²) in [6, 6.07) is 11.9. The number of nitriles is 1. The average molecular weight is 185 g/mol. The third-order valence-electron chi connectivity index (χ3n) is 1.88. The molecule has 0 bridgehead atoms. The van der Waals surface area contributed by atoms with Gasteiger partial charge in [-0.15, -0.1) is 0 Å². The van der Waals surface area contributed by atoms with Gasteiger partial charge in [0.1, 0.15) is 0 Å². The quantitative estimate of drug-likeness (QED) is 0.668. The molecule has 0 spiro atoms. The van der Waals surface area contributed by atoms with Crippen molar-refractivity contribution in [3.8, 4) is 17.2 Å². The van der Waals surface area contributed by atoms with Crippen molar-refractivity contribution in [2.45, 2.75) is 0 Å². The van der Waals surface area contributed by atoms with Crippen LogP contribution in [-0.2, 0) is 0 Å². The molecule has 2 rings (SSSR count). The lowest BCUT2D eigenvalue weighted by Gasteiger charge is -1.98. The molecule has 0 saturated heterocycles. The van der Waals surface area contributed by atoms with Crippen LogP contribution in [0, 0.1) is 11.3 Å². The molecule has 1 aromatic heterocycles. The van der Waals surface area contributed by atoms with Crippen LogP contribution in [0.5, 0.6) is 0 Å². The fraction of sp³-hybridized carbons (Fsp3) is 0. The normalized spacial score (nSPS) is 9.46. The highest BCUT2D eigenvalue weighted by Gasteiger charge is 2.02. The van der Waals surface area contributed by atoms with Gasteiger partial charge in [0.25, 0.3) is 0 Å². The highest BCUT2D eigenvalue weighted by Crippen LogP contribution is 2.24. The van der Waals surface area contributed by atoms with E-state index in [4.69, 9.17) is 5.26 Å². The summed E-state index contributed by atoms with van der Waals surface area (Å²) in [6.07, 6.45) is 0. The Labute approximate surface area is 80.9 Å². The Bertz CT molecular complexity index is 437. The zero-order chi connectivity index (χ0) is 9.10. The van der Waals surface area contributed by atoms with E-state index in [0.29, 0.717) is 0 Å². The van der Waals surface area contributed by atoms with Crippen molar-refractivity contribution in [1.29, 1.82) is 5.26 Å². The molecule has 1 heterocycles. The first-order valence-electron chi connectivity index (χ1n) is 3.93. The SMILES string of the molecule is N#Cc1ccccc1-c1ccsc1. The lowest BCUT2D eigenvalue weighted by molar-refractivity contribution is 1.48. The topological polar surface area (TPSA) is 23.8 Å². The molecule has 0 radical (unpaired) electrons. The Morgan fingerprint density at radius 2 is 2.00 bits per heavy atom. The molecule has 2 aromatic rings. The van der Waals surface area contributed by atoms with Gasteiger partial charge >= 0.3 is 0 Å². The van der Waals surface area contributed by atoms with E-state index in [9.17, 15) is 0 Å². The zero-order valence-electron chi connectivity index (χ0n) is 6.90. The van der Waals surface area contributed by atoms with Crippen LogP contribution in [0.25, 0.3) is 11.1 Å². The molecular weight excluding hydrogens is 178 g/mol. The van der Waals surface area contributed by atoms with Crippen LogP contribution in [0.4, 0.5) is 0 Å². The Balaban J connectivity index is 2.59. The van der Waals surface area contributed by atoms with Crippen molar-refractivity contribution < 1.29 is 0 Å². The fourth-order valence-corrected chi connectivity index (χ4v) is 1.91. The van der Waals surface area contributed by atoms with Gasteiger partial charge in [-0.2, -0.15) is 16.6 Å². The Hall–Kier alpha value is -1.59. The number of thiophene rings is 1. The highest BCUT2D eigenvalue weighted by molar-refractivity contribution is 7.08. The van der Waals surface area contributed by atoms with E-state index in [-0.39, 0.29) is 0 Å². The monoisotopic (exact) mass is 185 g/mol. The molecule has 62 valence electrons. The second-order valence-electron chi connectivity index (χ2n) is 2.67. The molecule has 2 heteroatoms. The van der Waals surface area contributed by atoms with E-state index >= 15 is 0 Å². The van der Waals surface area contributed by atoms with Gasteiger partial charge in [0, 0.05) is 5.56 Å². The smallest absolute Gasteiger partial charge is 0.0998 e. The van der Waals surface area contributed by atoms with Crippen LogP contribution in [0.15, 0.2) is 41.1 Å². The maximum absolute atomic E-state index is 8.87. The third-order valence-corrected chi connectivity index (χ3v) is 2.56. The van der Waals surface area contributed by atoms with Crippen LogP contribution in [-0.4, -0.2) is 0 Å². The highest BCUT2D eigenvalue weighted by atomic mass is 32.1. The summed E-state index contributed by atoms with van der Waals surface area (Å²) < 4.78 is 0. The van der Waals surface area contributed by atoms with E-state index in [1.807, 2.05) is 35.7 Å². The maximum atomic E-state index is 8.87. The Morgan fingerprint density at radius 3 is 2.69 bits per heavy atom. The molecule has 13 heavy (non-hydrogen) atoms. The first-order valence-corrected chi connectivity index (χ1v) is 4.88. The fourth-order valence-electron chi connectivity index (χ4n) is 1.25. The molecule has 0 aliphatic rings. The minimum Gasteiger partial charge on any atom is -0.192 e. The molecule has 1 aromatic carbocycles. The molecule has 1 nitrogen and oxygen atoms in total. The van der Waals surface area contributed by atoms with Gasteiger partial charge in [-0.3, -0.25) is 0 Å². The van der Waals surface area contributed by atoms with E-state index in [1.54, 1.807) is 11.3 Å². The molecule has 0 unspecified atom stereocenters. The second-order valence-corrected chi connectivity index (χ2v) is 3.45. The van der Waals surface area contributed by atoms with Crippen molar-refractivity contribution >= 4 is 11.3 Å². The largest absolute Gasteiger partial charge is 0.192 e.